The van der Waals surface area contributed by atoms with Gasteiger partial charge in [-0.05, 0) is 18.4 Å². The molecule has 0 radical (unpaired) electrons. The maximum Gasteiger partial charge on any atom is 0.317 e. The second-order valence-corrected chi connectivity index (χ2v) is 5.91. The molecule has 1 aliphatic heterocycles. The van der Waals surface area contributed by atoms with Crippen molar-refractivity contribution in [2.24, 2.45) is 0 Å². The lowest BCUT2D eigenvalue weighted by Gasteiger charge is -2.35. The molecule has 1 saturated heterocycles. The van der Waals surface area contributed by atoms with E-state index in [9.17, 15) is 9.90 Å². The van der Waals surface area contributed by atoms with Crippen molar-refractivity contribution in [3.05, 3.63) is 22.4 Å². The van der Waals surface area contributed by atoms with Crippen LogP contribution in [0.1, 0.15) is 11.8 Å². The number of hydrogen-bond acceptors (Lipinski definition) is 4. The Balaban J connectivity index is 1.70. The molecule has 2 N–H and O–H groups in total. The zero-order valence-corrected chi connectivity index (χ0v) is 12.0. The maximum atomic E-state index is 12.0. The maximum absolute atomic E-state index is 12.0. The van der Waals surface area contributed by atoms with Gasteiger partial charge in [0.1, 0.15) is 0 Å². The van der Waals surface area contributed by atoms with Gasteiger partial charge in [-0.25, -0.2) is 4.79 Å². The molecule has 1 aromatic heterocycles. The van der Waals surface area contributed by atoms with Gasteiger partial charge in [0, 0.05) is 37.6 Å². The monoisotopic (exact) mass is 283 g/mol. The van der Waals surface area contributed by atoms with E-state index in [2.05, 4.69) is 10.2 Å². The van der Waals surface area contributed by atoms with Crippen LogP contribution in [0, 0.1) is 0 Å². The average molecular weight is 283 g/mol. The number of nitrogens with one attached hydrogen (secondary N) is 1. The van der Waals surface area contributed by atoms with Crippen molar-refractivity contribution in [3.8, 4) is 0 Å². The molecular weight excluding hydrogens is 262 g/mol. The number of piperazine rings is 1. The number of amides is 2. The van der Waals surface area contributed by atoms with Crippen LogP contribution < -0.4 is 5.32 Å². The highest BCUT2D eigenvalue weighted by molar-refractivity contribution is 7.09. The predicted molar refractivity (Wildman–Crippen MR) is 76.2 cm³/mol. The molecule has 1 atom stereocenters. The molecule has 2 amide bonds. The lowest BCUT2D eigenvalue weighted by molar-refractivity contribution is 0.0897. The van der Waals surface area contributed by atoms with E-state index in [0.717, 1.165) is 26.2 Å². The minimum absolute atomic E-state index is 0.00472. The topological polar surface area (TPSA) is 55.8 Å². The molecule has 0 aliphatic carbocycles. The van der Waals surface area contributed by atoms with Gasteiger partial charge in [-0.15, -0.1) is 11.3 Å². The Bertz CT molecular complexity index is 387. The van der Waals surface area contributed by atoms with Gasteiger partial charge >= 0.3 is 6.03 Å². The second-order valence-electron chi connectivity index (χ2n) is 4.87. The number of carbonyl (C=O) groups excluding carboxylic acids is 1. The molecule has 19 heavy (non-hydrogen) atoms. The summed E-state index contributed by atoms with van der Waals surface area (Å²) in [4.78, 5) is 17.2. The summed E-state index contributed by atoms with van der Waals surface area (Å²) < 4.78 is 0. The first kappa shape index (κ1) is 14.3. The molecule has 5 nitrogen and oxygen atoms in total. The highest BCUT2D eigenvalue weighted by atomic mass is 32.1. The molecule has 2 rings (SSSR count). The molecule has 0 aromatic carbocycles. The third-order valence-corrected chi connectivity index (χ3v) is 4.05. The normalized spacial score (nSPS) is 18.3. The SMILES string of the molecule is CC(O)CN1CCN(C(=O)NCc2cccs2)CC1. The van der Waals surface area contributed by atoms with Gasteiger partial charge in [0.25, 0.3) is 0 Å². The molecule has 1 aromatic rings. The molecule has 0 bridgehead atoms. The number of carbonyl (C=O) groups is 1. The minimum atomic E-state index is -0.306. The number of β-amino-alcohol motifs (C(OH)–C–C–N with tert-alkyl or cyclic N) is 1. The second kappa shape index (κ2) is 6.88. The zero-order valence-electron chi connectivity index (χ0n) is 11.2. The predicted octanol–water partition coefficient (Wildman–Crippen LogP) is 0.956. The third-order valence-electron chi connectivity index (χ3n) is 3.18. The molecule has 1 unspecified atom stereocenters. The summed E-state index contributed by atoms with van der Waals surface area (Å²) in [5.41, 5.74) is 0. The van der Waals surface area contributed by atoms with Gasteiger partial charge in [-0.2, -0.15) is 0 Å². The fraction of sp³-hybridized carbons (Fsp3) is 0.615. The summed E-state index contributed by atoms with van der Waals surface area (Å²) in [7, 11) is 0. The summed E-state index contributed by atoms with van der Waals surface area (Å²) >= 11 is 1.65. The number of aliphatic hydroxyl groups is 1. The van der Waals surface area contributed by atoms with Gasteiger partial charge in [-0.1, -0.05) is 6.07 Å². The van der Waals surface area contributed by atoms with E-state index in [4.69, 9.17) is 0 Å². The van der Waals surface area contributed by atoms with E-state index in [0.29, 0.717) is 13.1 Å². The standard InChI is InChI=1S/C13H21N3O2S/c1-11(17)10-15-4-6-16(7-5-15)13(18)14-9-12-3-2-8-19-12/h2-3,8,11,17H,4-7,9-10H2,1H3,(H,14,18). The fourth-order valence-corrected chi connectivity index (χ4v) is 2.84. The molecule has 0 saturated carbocycles. The Morgan fingerprint density at radius 2 is 2.21 bits per heavy atom. The van der Waals surface area contributed by atoms with E-state index in [-0.39, 0.29) is 12.1 Å². The summed E-state index contributed by atoms with van der Waals surface area (Å²) in [6.07, 6.45) is -0.306. The lowest BCUT2D eigenvalue weighted by atomic mass is 10.3. The smallest absolute Gasteiger partial charge is 0.317 e. The first-order valence-electron chi connectivity index (χ1n) is 6.60. The number of aliphatic hydroxyl groups excluding tert-OH is 1. The van der Waals surface area contributed by atoms with Gasteiger partial charge < -0.3 is 15.3 Å². The summed E-state index contributed by atoms with van der Waals surface area (Å²) in [6.45, 7) is 6.19. The van der Waals surface area contributed by atoms with Gasteiger partial charge in [0.05, 0.1) is 12.6 Å². The van der Waals surface area contributed by atoms with Crippen LogP contribution in [-0.4, -0.2) is 59.8 Å². The van der Waals surface area contributed by atoms with Gasteiger partial charge in [0.15, 0.2) is 0 Å². The van der Waals surface area contributed by atoms with Gasteiger partial charge in [-0.3, -0.25) is 4.90 Å². The quantitative estimate of drug-likeness (QED) is 0.865. The van der Waals surface area contributed by atoms with Crippen molar-refractivity contribution in [2.75, 3.05) is 32.7 Å². The molecule has 2 heterocycles. The number of nitrogens with zero attached hydrogens (tertiary/aromatic N) is 2. The molecule has 0 spiro atoms. The van der Waals surface area contributed by atoms with Crippen molar-refractivity contribution < 1.29 is 9.90 Å². The molecule has 6 heteroatoms. The lowest BCUT2D eigenvalue weighted by Crippen LogP contribution is -2.52. The number of rotatable bonds is 4. The Morgan fingerprint density at radius 1 is 1.47 bits per heavy atom. The van der Waals surface area contributed by atoms with E-state index < -0.39 is 0 Å². The van der Waals surface area contributed by atoms with Crippen molar-refractivity contribution in [1.29, 1.82) is 0 Å². The van der Waals surface area contributed by atoms with Crippen LogP contribution in [-0.2, 0) is 6.54 Å². The first-order valence-corrected chi connectivity index (χ1v) is 7.48. The van der Waals surface area contributed by atoms with E-state index >= 15 is 0 Å². The van der Waals surface area contributed by atoms with Crippen LogP contribution >= 0.6 is 11.3 Å². The third kappa shape index (κ3) is 4.49. The summed E-state index contributed by atoms with van der Waals surface area (Å²) in [5.74, 6) is 0. The van der Waals surface area contributed by atoms with Gasteiger partial charge in [0.2, 0.25) is 0 Å². The fourth-order valence-electron chi connectivity index (χ4n) is 2.19. The van der Waals surface area contributed by atoms with Crippen molar-refractivity contribution in [3.63, 3.8) is 0 Å². The van der Waals surface area contributed by atoms with Crippen LogP contribution in [0.2, 0.25) is 0 Å². The van der Waals surface area contributed by atoms with Crippen LogP contribution in [0.25, 0.3) is 0 Å². The van der Waals surface area contributed by atoms with Crippen LogP contribution in [0.5, 0.6) is 0 Å². The van der Waals surface area contributed by atoms with E-state index in [1.807, 2.05) is 22.4 Å². The number of hydrogen-bond donors (Lipinski definition) is 2. The Kier molecular flexibility index (Phi) is 5.18. The van der Waals surface area contributed by atoms with Crippen LogP contribution in [0.4, 0.5) is 4.79 Å². The Labute approximate surface area is 117 Å². The van der Waals surface area contributed by atoms with Crippen molar-refractivity contribution in [2.45, 2.75) is 19.6 Å². The van der Waals surface area contributed by atoms with Crippen molar-refractivity contribution in [1.82, 2.24) is 15.1 Å². The zero-order chi connectivity index (χ0) is 13.7. The molecule has 106 valence electrons. The number of urea groups is 1. The molecular formula is C13H21N3O2S. The van der Waals surface area contributed by atoms with E-state index in [1.54, 1.807) is 18.3 Å². The van der Waals surface area contributed by atoms with Crippen molar-refractivity contribution >= 4 is 17.4 Å². The minimum Gasteiger partial charge on any atom is -0.392 e. The van der Waals surface area contributed by atoms with Crippen LogP contribution in [0.15, 0.2) is 17.5 Å². The average Bonchev–Trinajstić information content (AvgIpc) is 2.89. The number of thiophene rings is 1. The van der Waals surface area contributed by atoms with Crippen LogP contribution in [0.3, 0.4) is 0 Å². The Hall–Kier alpha value is -1.11. The van der Waals surface area contributed by atoms with E-state index in [1.165, 1.54) is 4.88 Å². The summed E-state index contributed by atoms with van der Waals surface area (Å²) in [5, 5.41) is 14.3. The first-order chi connectivity index (χ1) is 9.15. The molecule has 1 fully saturated rings. The summed E-state index contributed by atoms with van der Waals surface area (Å²) in [6, 6.07) is 4.01. The highest BCUT2D eigenvalue weighted by Gasteiger charge is 2.21. The molecule has 1 aliphatic rings. The highest BCUT2D eigenvalue weighted by Crippen LogP contribution is 2.08. The largest absolute Gasteiger partial charge is 0.392 e. The Morgan fingerprint density at radius 3 is 2.79 bits per heavy atom.